The summed E-state index contributed by atoms with van der Waals surface area (Å²) in [6.45, 7) is 0. The molecule has 1 saturated heterocycles. The van der Waals surface area contributed by atoms with E-state index in [0.717, 1.165) is 10.9 Å². The molecule has 9 nitrogen and oxygen atoms in total. The maximum absolute atomic E-state index is 12.3. The highest BCUT2D eigenvalue weighted by Gasteiger charge is 2.24. The van der Waals surface area contributed by atoms with Crippen LogP contribution in [0.2, 0.25) is 0 Å². The molecule has 0 unspecified atom stereocenters. The van der Waals surface area contributed by atoms with Gasteiger partial charge in [0.1, 0.15) is 0 Å². The number of thioether (sulfide) groups is 1. The summed E-state index contributed by atoms with van der Waals surface area (Å²) < 4.78 is 0. The highest BCUT2D eigenvalue weighted by atomic mass is 32.2. The average molecular weight is 454 g/mol. The van der Waals surface area contributed by atoms with Crippen LogP contribution in [0.15, 0.2) is 52.6 Å². The summed E-state index contributed by atoms with van der Waals surface area (Å²) in [7, 11) is 0. The van der Waals surface area contributed by atoms with E-state index in [0.29, 0.717) is 25.8 Å². The highest BCUT2D eigenvalue weighted by molar-refractivity contribution is 8.18. The van der Waals surface area contributed by atoms with Crippen molar-refractivity contribution in [3.63, 3.8) is 0 Å². The number of aromatic nitrogens is 2. The number of carbonyl (C=O) groups excluding carboxylic acids is 2. The Hall–Kier alpha value is -3.57. The van der Waals surface area contributed by atoms with Gasteiger partial charge in [-0.1, -0.05) is 17.4 Å². The normalized spacial score (nSPS) is 16.1. The maximum Gasteiger partial charge on any atom is 0.303 e. The van der Waals surface area contributed by atoms with E-state index in [1.807, 2.05) is 30.3 Å². The smallest absolute Gasteiger partial charge is 0.303 e. The number of thiazole rings is 1. The van der Waals surface area contributed by atoms with Crippen molar-refractivity contribution in [1.29, 1.82) is 0 Å². The van der Waals surface area contributed by atoms with Crippen molar-refractivity contribution in [1.82, 2.24) is 15.3 Å². The number of hydrogen-bond acceptors (Lipinski definition) is 8. The van der Waals surface area contributed by atoms with Crippen LogP contribution < -0.4 is 10.6 Å². The van der Waals surface area contributed by atoms with Gasteiger partial charge in [-0.15, -0.1) is 0 Å². The molecular weight excluding hydrogens is 438 g/mol. The number of benzene rings is 1. The quantitative estimate of drug-likeness (QED) is 0.487. The molecule has 0 radical (unpaired) electrons. The molecule has 0 saturated carbocycles. The second-order valence-corrected chi connectivity index (χ2v) is 8.46. The van der Waals surface area contributed by atoms with Crippen molar-refractivity contribution in [3.05, 3.63) is 52.5 Å². The predicted octanol–water partition coefficient (Wildman–Crippen LogP) is 3.39. The molecule has 0 aliphatic carbocycles. The van der Waals surface area contributed by atoms with Crippen molar-refractivity contribution in [2.24, 2.45) is 4.99 Å². The summed E-state index contributed by atoms with van der Waals surface area (Å²) in [5.41, 5.74) is 1.57. The Bertz CT molecular complexity index is 1250. The second-order valence-electron chi connectivity index (χ2n) is 6.37. The molecule has 3 heterocycles. The first-order valence-corrected chi connectivity index (χ1v) is 10.7. The first kappa shape index (κ1) is 20.7. The lowest BCUT2D eigenvalue weighted by atomic mass is 10.2. The Morgan fingerprint density at radius 1 is 1.23 bits per heavy atom. The van der Waals surface area contributed by atoms with Crippen molar-refractivity contribution < 1.29 is 19.5 Å². The number of hydrogen-bond donors (Lipinski definition) is 3. The lowest BCUT2D eigenvalue weighted by Crippen LogP contribution is -2.19. The van der Waals surface area contributed by atoms with Crippen LogP contribution in [0.25, 0.3) is 17.0 Å². The molecule has 31 heavy (non-hydrogen) atoms. The Morgan fingerprint density at radius 2 is 2.10 bits per heavy atom. The minimum Gasteiger partial charge on any atom is -0.481 e. The summed E-state index contributed by atoms with van der Waals surface area (Å²) in [5.74, 6) is -1.74. The van der Waals surface area contributed by atoms with Crippen LogP contribution in [0.1, 0.15) is 17.7 Å². The number of anilines is 1. The number of aliphatic imine (C=N–C) groups is 1. The first-order valence-electron chi connectivity index (χ1n) is 9.08. The van der Waals surface area contributed by atoms with Gasteiger partial charge in [0.2, 0.25) is 5.91 Å². The van der Waals surface area contributed by atoms with Gasteiger partial charge >= 0.3 is 5.97 Å². The van der Waals surface area contributed by atoms with E-state index in [9.17, 15) is 14.4 Å². The Morgan fingerprint density at radius 3 is 2.94 bits per heavy atom. The number of amides is 2. The zero-order valence-electron chi connectivity index (χ0n) is 15.9. The fourth-order valence-corrected chi connectivity index (χ4v) is 4.36. The Labute approximate surface area is 184 Å². The number of carboxylic acids is 1. The highest BCUT2D eigenvalue weighted by Crippen LogP contribution is 2.30. The van der Waals surface area contributed by atoms with Crippen LogP contribution >= 0.6 is 23.1 Å². The summed E-state index contributed by atoms with van der Waals surface area (Å²) in [4.78, 5) is 48.5. The summed E-state index contributed by atoms with van der Waals surface area (Å²) in [6.07, 6.45) is 4.54. The minimum absolute atomic E-state index is 0.131. The molecule has 2 amide bonds. The molecule has 11 heteroatoms. The van der Waals surface area contributed by atoms with Crippen LogP contribution in [0.5, 0.6) is 0 Å². The van der Waals surface area contributed by atoms with Crippen molar-refractivity contribution in [2.75, 3.05) is 5.32 Å². The van der Waals surface area contributed by atoms with E-state index < -0.39 is 11.9 Å². The van der Waals surface area contributed by atoms with Crippen LogP contribution in [0, 0.1) is 0 Å². The third-order valence-electron chi connectivity index (χ3n) is 4.08. The number of nitrogens with zero attached hydrogens (tertiary/aromatic N) is 3. The van der Waals surface area contributed by atoms with E-state index >= 15 is 0 Å². The molecule has 0 spiro atoms. The van der Waals surface area contributed by atoms with E-state index in [4.69, 9.17) is 5.11 Å². The molecule has 0 atom stereocenters. The van der Waals surface area contributed by atoms with Crippen LogP contribution in [-0.2, 0) is 14.4 Å². The van der Waals surface area contributed by atoms with Gasteiger partial charge in [-0.3, -0.25) is 19.4 Å². The minimum atomic E-state index is -1.04. The Balaban J connectivity index is 1.44. The van der Waals surface area contributed by atoms with Crippen molar-refractivity contribution in [3.8, 4) is 0 Å². The van der Waals surface area contributed by atoms with Gasteiger partial charge in [0, 0.05) is 24.2 Å². The van der Waals surface area contributed by atoms with E-state index in [1.54, 1.807) is 12.3 Å². The van der Waals surface area contributed by atoms with E-state index in [2.05, 4.69) is 25.6 Å². The average Bonchev–Trinajstić information content (AvgIpc) is 3.32. The third-order valence-corrected chi connectivity index (χ3v) is 5.85. The number of carbonyl (C=O) groups is 3. The van der Waals surface area contributed by atoms with Gasteiger partial charge < -0.3 is 15.7 Å². The van der Waals surface area contributed by atoms with Crippen molar-refractivity contribution in [2.45, 2.75) is 12.8 Å². The fraction of sp³-hybridized carbons (Fsp3) is 0.100. The van der Waals surface area contributed by atoms with Crippen molar-refractivity contribution >= 4 is 73.8 Å². The molecule has 1 aliphatic rings. The van der Waals surface area contributed by atoms with Gasteiger partial charge in [-0.25, -0.2) is 9.98 Å². The van der Waals surface area contributed by atoms with Crippen LogP contribution in [0.4, 0.5) is 10.8 Å². The molecule has 3 aromatic rings. The summed E-state index contributed by atoms with van der Waals surface area (Å²) in [6, 6.07) is 9.39. The van der Waals surface area contributed by atoms with Gasteiger partial charge in [0.05, 0.1) is 27.4 Å². The molecule has 1 aromatic carbocycles. The molecule has 1 aliphatic heterocycles. The number of fused-ring (bicyclic) bond motifs is 1. The summed E-state index contributed by atoms with van der Waals surface area (Å²) in [5, 5.41) is 15.7. The van der Waals surface area contributed by atoms with Gasteiger partial charge in [0.25, 0.3) is 5.91 Å². The fourth-order valence-electron chi connectivity index (χ4n) is 2.67. The van der Waals surface area contributed by atoms with Crippen LogP contribution in [0.3, 0.4) is 0 Å². The zero-order chi connectivity index (χ0) is 21.8. The lowest BCUT2D eigenvalue weighted by molar-refractivity contribution is -0.138. The maximum atomic E-state index is 12.3. The number of pyridine rings is 1. The number of carboxylic acid groups (broad SMARTS) is 1. The number of aliphatic carboxylic acids is 1. The standard InChI is InChI=1S/C20H15N5O4S2/c26-16(5-6-17(27)28)24-19-22-10-13(30-19)9-15-18(29)25-20(31-15)23-12-3-4-14-11(8-12)2-1-7-21-14/h1-4,7-10H,5-6H2,(H,27,28)(H,22,24,26)(H,23,25,29). The molecule has 156 valence electrons. The second kappa shape index (κ2) is 9.06. The molecule has 2 aromatic heterocycles. The molecule has 0 bridgehead atoms. The largest absolute Gasteiger partial charge is 0.481 e. The number of amidine groups is 1. The first-order chi connectivity index (χ1) is 15.0. The van der Waals surface area contributed by atoms with E-state index in [-0.39, 0.29) is 18.7 Å². The number of nitrogens with one attached hydrogen (secondary N) is 2. The molecular formula is C20H15N5O4S2. The van der Waals surface area contributed by atoms with Gasteiger partial charge in [-0.05, 0) is 42.1 Å². The van der Waals surface area contributed by atoms with E-state index in [1.165, 1.54) is 29.3 Å². The van der Waals surface area contributed by atoms with Gasteiger partial charge in [-0.2, -0.15) is 0 Å². The zero-order valence-corrected chi connectivity index (χ0v) is 17.5. The molecule has 1 fully saturated rings. The van der Waals surface area contributed by atoms with Crippen LogP contribution in [-0.4, -0.2) is 38.0 Å². The SMILES string of the molecule is O=C(O)CCC(=O)Nc1ncc(C=C2SC(=Nc3ccc4ncccc4c3)NC2=O)s1. The summed E-state index contributed by atoms with van der Waals surface area (Å²) >= 11 is 2.39. The topological polar surface area (TPSA) is 134 Å². The molecule has 4 rings (SSSR count). The lowest BCUT2D eigenvalue weighted by Gasteiger charge is -1.99. The Kier molecular flexibility index (Phi) is 6.05. The predicted molar refractivity (Wildman–Crippen MR) is 120 cm³/mol. The van der Waals surface area contributed by atoms with Gasteiger partial charge in [0.15, 0.2) is 10.3 Å². The molecule has 3 N–H and O–H groups in total. The third kappa shape index (κ3) is 5.32. The monoisotopic (exact) mass is 453 g/mol. The number of rotatable bonds is 6.